The van der Waals surface area contributed by atoms with Crippen LogP contribution in [0.2, 0.25) is 0 Å². The number of phenolic OH excluding ortho intramolecular Hbond substituents is 1. The Morgan fingerprint density at radius 3 is 1.77 bits per heavy atom. The van der Waals surface area contributed by atoms with Crippen LogP contribution in [0.1, 0.15) is 6.42 Å². The third-order valence-electron chi connectivity index (χ3n) is 2.61. The molecule has 0 heterocycles. The smallest absolute Gasteiger partial charge is 0.119 e. The van der Waals surface area contributed by atoms with Crippen LogP contribution >= 0.6 is 0 Å². The number of methoxy groups -OCH3 is 2. The van der Waals surface area contributed by atoms with Gasteiger partial charge < -0.3 is 19.3 Å². The van der Waals surface area contributed by atoms with Gasteiger partial charge in [0.1, 0.15) is 29.6 Å². The molecular weight excluding hydrogens is 282 g/mol. The molecule has 0 radical (unpaired) electrons. The number of aromatic hydroxyl groups is 1. The molecule has 0 aromatic heterocycles. The highest BCUT2D eigenvalue weighted by Gasteiger charge is 1.93. The van der Waals surface area contributed by atoms with Crippen molar-refractivity contribution in [1.29, 1.82) is 5.26 Å². The predicted molar refractivity (Wildman–Crippen MR) is 83.4 cm³/mol. The largest absolute Gasteiger partial charge is 0.508 e. The van der Waals surface area contributed by atoms with Crippen LogP contribution in [0.4, 0.5) is 0 Å². The Labute approximate surface area is 130 Å². The van der Waals surface area contributed by atoms with Crippen molar-refractivity contribution in [1.82, 2.24) is 0 Å². The van der Waals surface area contributed by atoms with Gasteiger partial charge in [-0.25, -0.2) is 0 Å². The van der Waals surface area contributed by atoms with Gasteiger partial charge in [0.15, 0.2) is 0 Å². The molecule has 0 saturated heterocycles. The zero-order chi connectivity index (χ0) is 16.2. The number of hydrogen-bond acceptors (Lipinski definition) is 5. The van der Waals surface area contributed by atoms with Gasteiger partial charge in [-0.3, -0.25) is 0 Å². The third-order valence-corrected chi connectivity index (χ3v) is 2.61. The summed E-state index contributed by atoms with van der Waals surface area (Å²) >= 11 is 0. The molecule has 1 N–H and O–H groups in total. The Morgan fingerprint density at radius 2 is 1.32 bits per heavy atom. The van der Waals surface area contributed by atoms with Gasteiger partial charge in [0.05, 0.1) is 26.7 Å². The zero-order valence-electron chi connectivity index (χ0n) is 12.7. The van der Waals surface area contributed by atoms with E-state index < -0.39 is 0 Å². The minimum atomic E-state index is 0.260. The van der Waals surface area contributed by atoms with E-state index in [0.29, 0.717) is 13.0 Å². The predicted octanol–water partition coefficient (Wildman–Crippen LogP) is 3.39. The molecule has 22 heavy (non-hydrogen) atoms. The fourth-order valence-electron chi connectivity index (χ4n) is 1.47. The lowest BCUT2D eigenvalue weighted by Gasteiger charge is -2.04. The van der Waals surface area contributed by atoms with E-state index in [4.69, 9.17) is 24.6 Å². The number of nitrogens with zero attached hydrogens (tertiary/aromatic N) is 1. The molecule has 0 saturated carbocycles. The highest BCUT2D eigenvalue weighted by atomic mass is 16.5. The lowest BCUT2D eigenvalue weighted by Crippen LogP contribution is -1.95. The number of nitriles is 1. The van der Waals surface area contributed by atoms with Gasteiger partial charge in [-0.2, -0.15) is 5.26 Å². The average Bonchev–Trinajstić information content (AvgIpc) is 2.57. The third kappa shape index (κ3) is 6.53. The summed E-state index contributed by atoms with van der Waals surface area (Å²) in [5.41, 5.74) is 0. The van der Waals surface area contributed by atoms with Crippen LogP contribution in [0, 0.1) is 11.3 Å². The van der Waals surface area contributed by atoms with Crippen LogP contribution in [-0.2, 0) is 0 Å². The van der Waals surface area contributed by atoms with Crippen LogP contribution in [0.25, 0.3) is 0 Å². The summed E-state index contributed by atoms with van der Waals surface area (Å²) in [6.07, 6.45) is 0.409. The number of benzene rings is 2. The van der Waals surface area contributed by atoms with Crippen LogP contribution in [-0.4, -0.2) is 25.9 Å². The van der Waals surface area contributed by atoms with Crippen molar-refractivity contribution in [3.05, 3.63) is 48.5 Å². The summed E-state index contributed by atoms with van der Waals surface area (Å²) in [5.74, 6) is 2.58. The SMILES string of the molecule is COc1ccc(O)cc1.COc1ccc(OCCC#N)cc1. The molecule has 0 amide bonds. The lowest BCUT2D eigenvalue weighted by atomic mass is 10.3. The summed E-state index contributed by atoms with van der Waals surface area (Å²) in [6, 6.07) is 15.9. The summed E-state index contributed by atoms with van der Waals surface area (Å²) < 4.78 is 15.1. The molecule has 0 aliphatic rings. The van der Waals surface area contributed by atoms with Gasteiger partial charge in [-0.1, -0.05) is 0 Å². The molecule has 0 aliphatic heterocycles. The van der Waals surface area contributed by atoms with Gasteiger partial charge in [0.2, 0.25) is 0 Å². The van der Waals surface area contributed by atoms with Crippen molar-refractivity contribution in [3.8, 4) is 29.1 Å². The molecule has 2 rings (SSSR count). The van der Waals surface area contributed by atoms with E-state index in [9.17, 15) is 0 Å². The van der Waals surface area contributed by atoms with E-state index in [1.54, 1.807) is 38.5 Å². The normalized spacial score (nSPS) is 8.95. The summed E-state index contributed by atoms with van der Waals surface area (Å²) in [5, 5.41) is 17.1. The van der Waals surface area contributed by atoms with E-state index in [-0.39, 0.29) is 5.75 Å². The van der Waals surface area contributed by atoms with Gasteiger partial charge in [-0.15, -0.1) is 0 Å². The summed E-state index contributed by atoms with van der Waals surface area (Å²) in [7, 11) is 3.21. The Morgan fingerprint density at radius 1 is 0.864 bits per heavy atom. The quantitative estimate of drug-likeness (QED) is 0.857. The van der Waals surface area contributed by atoms with Gasteiger partial charge >= 0.3 is 0 Å². The second-order valence-electron chi connectivity index (χ2n) is 4.13. The maximum absolute atomic E-state index is 8.80. The topological polar surface area (TPSA) is 71.7 Å². The van der Waals surface area contributed by atoms with Crippen LogP contribution in [0.15, 0.2) is 48.5 Å². The molecule has 116 valence electrons. The highest BCUT2D eigenvalue weighted by Crippen LogP contribution is 2.17. The minimum absolute atomic E-state index is 0.260. The molecule has 2 aromatic carbocycles. The average molecular weight is 301 g/mol. The van der Waals surface area contributed by atoms with E-state index in [0.717, 1.165) is 17.2 Å². The van der Waals surface area contributed by atoms with E-state index in [1.807, 2.05) is 30.3 Å². The monoisotopic (exact) mass is 301 g/mol. The van der Waals surface area contributed by atoms with E-state index in [2.05, 4.69) is 0 Å². The fourth-order valence-corrected chi connectivity index (χ4v) is 1.47. The van der Waals surface area contributed by atoms with Crippen LogP contribution in [0.5, 0.6) is 23.0 Å². The summed E-state index contributed by atoms with van der Waals surface area (Å²) in [6.45, 7) is 0.433. The summed E-state index contributed by atoms with van der Waals surface area (Å²) in [4.78, 5) is 0. The molecule has 0 aliphatic carbocycles. The molecule has 0 atom stereocenters. The van der Waals surface area contributed by atoms with Crippen molar-refractivity contribution in [3.63, 3.8) is 0 Å². The molecule has 0 fully saturated rings. The molecule has 0 bridgehead atoms. The first-order chi connectivity index (χ1) is 10.7. The van der Waals surface area contributed by atoms with Gasteiger partial charge in [0.25, 0.3) is 0 Å². The number of ether oxygens (including phenoxy) is 3. The van der Waals surface area contributed by atoms with Crippen molar-refractivity contribution in [2.75, 3.05) is 20.8 Å². The molecule has 0 spiro atoms. The Bertz CT molecular complexity index is 573. The fraction of sp³-hybridized carbons (Fsp3) is 0.235. The van der Waals surface area contributed by atoms with Crippen LogP contribution < -0.4 is 14.2 Å². The first-order valence-corrected chi connectivity index (χ1v) is 6.66. The number of hydrogen-bond donors (Lipinski definition) is 1. The first-order valence-electron chi connectivity index (χ1n) is 6.66. The minimum Gasteiger partial charge on any atom is -0.508 e. The second-order valence-corrected chi connectivity index (χ2v) is 4.13. The zero-order valence-corrected chi connectivity index (χ0v) is 12.7. The van der Waals surface area contributed by atoms with Crippen molar-refractivity contribution in [2.24, 2.45) is 0 Å². The highest BCUT2D eigenvalue weighted by molar-refractivity contribution is 5.31. The van der Waals surface area contributed by atoms with Crippen LogP contribution in [0.3, 0.4) is 0 Å². The molecular formula is C17H19NO4. The molecule has 0 unspecified atom stereocenters. The Kier molecular flexibility index (Phi) is 7.77. The first kappa shape index (κ1) is 17.2. The van der Waals surface area contributed by atoms with E-state index >= 15 is 0 Å². The second kappa shape index (κ2) is 9.94. The maximum Gasteiger partial charge on any atom is 0.119 e. The lowest BCUT2D eigenvalue weighted by molar-refractivity contribution is 0.325. The molecule has 2 aromatic rings. The maximum atomic E-state index is 8.80. The van der Waals surface area contributed by atoms with E-state index in [1.165, 1.54) is 0 Å². The number of rotatable bonds is 5. The van der Waals surface area contributed by atoms with Crippen molar-refractivity contribution >= 4 is 0 Å². The van der Waals surface area contributed by atoms with Gasteiger partial charge in [-0.05, 0) is 48.5 Å². The molecule has 5 nitrogen and oxygen atoms in total. The van der Waals surface area contributed by atoms with Crippen molar-refractivity contribution < 1.29 is 19.3 Å². The Hall–Kier alpha value is -2.87. The Balaban J connectivity index is 0.000000235. The number of phenols is 1. The van der Waals surface area contributed by atoms with Gasteiger partial charge in [0, 0.05) is 0 Å². The molecule has 5 heteroatoms. The van der Waals surface area contributed by atoms with Crippen molar-refractivity contribution in [2.45, 2.75) is 6.42 Å². The standard InChI is InChI=1S/C10H11NO2.C7H8O2/c1-12-9-3-5-10(6-4-9)13-8-2-7-11;1-9-7-4-2-6(8)3-5-7/h3-6H,2,8H2,1H3;2-5,8H,1H3.